The molecule has 0 bridgehead atoms. The highest BCUT2D eigenvalue weighted by molar-refractivity contribution is 6.06. The molecule has 31 heavy (non-hydrogen) atoms. The quantitative estimate of drug-likeness (QED) is 0.554. The minimum atomic E-state index is -4.36. The number of anilines is 3. The number of nitrogens with zero attached hydrogens (tertiary/aromatic N) is 2. The summed E-state index contributed by atoms with van der Waals surface area (Å²) in [5, 5.41) is 3.28. The predicted molar refractivity (Wildman–Crippen MR) is 113 cm³/mol. The first-order valence-corrected chi connectivity index (χ1v) is 9.76. The molecule has 1 atom stereocenters. The Kier molecular flexibility index (Phi) is 5.12. The van der Waals surface area contributed by atoms with E-state index in [1.807, 2.05) is 31.2 Å². The molecular weight excluding hydrogens is 407 g/mol. The van der Waals surface area contributed by atoms with Gasteiger partial charge in [-0.15, -0.1) is 0 Å². The zero-order valence-electron chi connectivity index (χ0n) is 17.0. The monoisotopic (exact) mass is 429 g/mol. The van der Waals surface area contributed by atoms with E-state index in [4.69, 9.17) is 5.73 Å². The van der Waals surface area contributed by atoms with Gasteiger partial charge in [-0.25, -0.2) is 4.98 Å². The van der Waals surface area contributed by atoms with Crippen LogP contribution in [0.25, 0.3) is 11.3 Å². The maximum atomic E-state index is 13.3. The molecule has 0 saturated heterocycles. The zero-order chi connectivity index (χ0) is 22.3. The van der Waals surface area contributed by atoms with Gasteiger partial charge >= 0.3 is 6.18 Å². The molecule has 1 aliphatic rings. The molecule has 0 spiro atoms. The van der Waals surface area contributed by atoms with Crippen LogP contribution >= 0.6 is 0 Å². The molecule has 4 N–H and O–H groups in total. The minimum Gasteiger partial charge on any atom is -0.384 e. The molecule has 0 radical (unpaired) electrons. The van der Waals surface area contributed by atoms with Crippen LogP contribution in [0.3, 0.4) is 0 Å². The standard InChI is InChI=1S/C22H22F3N5O/c1-12-5-3-4-6-15(12)28-20-17-18(29-19(20)13-7-8-27-16(26)9-13)14(10-22(23,24)25)11-30(2)21(17)31/h3-9,14,28-29H,10-11H2,1-2H3,(H2,26,27). The summed E-state index contributed by atoms with van der Waals surface area (Å²) in [7, 11) is 1.52. The van der Waals surface area contributed by atoms with Crippen LogP contribution in [0.15, 0.2) is 42.6 Å². The van der Waals surface area contributed by atoms with E-state index in [1.54, 1.807) is 12.1 Å². The van der Waals surface area contributed by atoms with Gasteiger partial charge in [0.2, 0.25) is 0 Å². The fourth-order valence-corrected chi connectivity index (χ4v) is 3.98. The van der Waals surface area contributed by atoms with Crippen molar-refractivity contribution in [1.82, 2.24) is 14.9 Å². The second-order valence-electron chi connectivity index (χ2n) is 7.77. The van der Waals surface area contributed by atoms with Gasteiger partial charge < -0.3 is 20.9 Å². The summed E-state index contributed by atoms with van der Waals surface area (Å²) >= 11 is 0. The van der Waals surface area contributed by atoms with E-state index in [1.165, 1.54) is 18.1 Å². The number of fused-ring (bicyclic) bond motifs is 1. The average molecular weight is 429 g/mol. The number of nitrogens with one attached hydrogen (secondary N) is 2. The average Bonchev–Trinajstić information content (AvgIpc) is 3.06. The number of para-hydroxylation sites is 1. The summed E-state index contributed by atoms with van der Waals surface area (Å²) < 4.78 is 39.9. The van der Waals surface area contributed by atoms with Gasteiger partial charge in [-0.2, -0.15) is 13.2 Å². The van der Waals surface area contributed by atoms with Crippen LogP contribution in [0.4, 0.5) is 30.4 Å². The molecule has 0 aliphatic carbocycles. The second kappa shape index (κ2) is 7.64. The summed E-state index contributed by atoms with van der Waals surface area (Å²) in [4.78, 5) is 21.5. The van der Waals surface area contributed by atoms with Crippen molar-refractivity contribution in [3.63, 3.8) is 0 Å². The third kappa shape index (κ3) is 4.08. The van der Waals surface area contributed by atoms with Crippen molar-refractivity contribution in [3.8, 4) is 11.3 Å². The highest BCUT2D eigenvalue weighted by Crippen LogP contribution is 2.44. The van der Waals surface area contributed by atoms with Crippen LogP contribution in [-0.4, -0.2) is 40.5 Å². The SMILES string of the molecule is Cc1ccccc1Nc1c(-c2ccnc(N)c2)[nH]c2c1C(=O)N(C)CC2CC(F)(F)F. The molecule has 0 saturated carbocycles. The Morgan fingerprint density at radius 3 is 2.71 bits per heavy atom. The molecule has 3 aromatic rings. The maximum absolute atomic E-state index is 13.3. The predicted octanol–water partition coefficient (Wildman–Crippen LogP) is 4.83. The highest BCUT2D eigenvalue weighted by Gasteiger charge is 2.41. The number of carbonyl (C=O) groups is 1. The molecule has 1 unspecified atom stereocenters. The molecule has 6 nitrogen and oxygen atoms in total. The van der Waals surface area contributed by atoms with Gasteiger partial charge in [0.25, 0.3) is 5.91 Å². The van der Waals surface area contributed by atoms with E-state index in [9.17, 15) is 18.0 Å². The number of benzene rings is 1. The van der Waals surface area contributed by atoms with Crippen LogP contribution in [0.2, 0.25) is 0 Å². The first kappa shape index (κ1) is 20.8. The largest absolute Gasteiger partial charge is 0.389 e. The van der Waals surface area contributed by atoms with Crippen LogP contribution in [0.1, 0.15) is 34.0 Å². The maximum Gasteiger partial charge on any atom is 0.389 e. The van der Waals surface area contributed by atoms with Gasteiger partial charge in [0.05, 0.1) is 23.4 Å². The number of aromatic amines is 1. The number of carbonyl (C=O) groups excluding carboxylic acids is 1. The van der Waals surface area contributed by atoms with E-state index in [-0.39, 0.29) is 29.5 Å². The lowest BCUT2D eigenvalue weighted by atomic mass is 9.92. The summed E-state index contributed by atoms with van der Waals surface area (Å²) in [5.74, 6) is -0.973. The van der Waals surface area contributed by atoms with Crippen molar-refractivity contribution in [2.24, 2.45) is 0 Å². The van der Waals surface area contributed by atoms with Crippen molar-refractivity contribution >= 4 is 23.1 Å². The normalized spacial score (nSPS) is 16.4. The Morgan fingerprint density at radius 2 is 2.03 bits per heavy atom. The van der Waals surface area contributed by atoms with E-state index >= 15 is 0 Å². The molecule has 4 rings (SSSR count). The number of aryl methyl sites for hydroxylation is 1. The lowest BCUT2D eigenvalue weighted by Gasteiger charge is -2.30. The van der Waals surface area contributed by atoms with Crippen LogP contribution in [0, 0.1) is 6.92 Å². The number of hydrogen-bond acceptors (Lipinski definition) is 4. The van der Waals surface area contributed by atoms with E-state index < -0.39 is 18.5 Å². The molecule has 3 heterocycles. The van der Waals surface area contributed by atoms with Gasteiger partial charge in [0.15, 0.2) is 0 Å². The van der Waals surface area contributed by atoms with E-state index in [2.05, 4.69) is 15.3 Å². The Morgan fingerprint density at radius 1 is 1.29 bits per heavy atom. The number of nitrogen functional groups attached to an aromatic ring is 1. The number of halogens is 3. The fraction of sp³-hybridized carbons (Fsp3) is 0.273. The number of rotatable bonds is 4. The molecule has 2 aromatic heterocycles. The smallest absolute Gasteiger partial charge is 0.384 e. The van der Waals surface area contributed by atoms with Gasteiger partial charge in [-0.3, -0.25) is 4.79 Å². The first-order chi connectivity index (χ1) is 14.6. The topological polar surface area (TPSA) is 87.0 Å². The van der Waals surface area contributed by atoms with Gasteiger partial charge in [0, 0.05) is 42.7 Å². The number of pyridine rings is 1. The third-order valence-electron chi connectivity index (χ3n) is 5.44. The molecule has 0 fully saturated rings. The summed E-state index contributed by atoms with van der Waals surface area (Å²) in [6.07, 6.45) is -3.87. The van der Waals surface area contributed by atoms with Gasteiger partial charge in [0.1, 0.15) is 5.82 Å². The van der Waals surface area contributed by atoms with Crippen molar-refractivity contribution in [2.45, 2.75) is 25.4 Å². The molecule has 162 valence electrons. The van der Waals surface area contributed by atoms with Crippen LogP contribution in [-0.2, 0) is 0 Å². The van der Waals surface area contributed by atoms with E-state index in [0.29, 0.717) is 16.9 Å². The van der Waals surface area contributed by atoms with Crippen molar-refractivity contribution in [1.29, 1.82) is 0 Å². The van der Waals surface area contributed by atoms with E-state index in [0.717, 1.165) is 11.3 Å². The lowest BCUT2D eigenvalue weighted by Crippen LogP contribution is -2.38. The first-order valence-electron chi connectivity index (χ1n) is 9.76. The number of aromatic nitrogens is 2. The number of likely N-dealkylation sites (N-methyl/N-ethyl adjacent to an activating group) is 1. The second-order valence-corrected chi connectivity index (χ2v) is 7.77. The molecule has 1 aromatic carbocycles. The van der Waals surface area contributed by atoms with Gasteiger partial charge in [-0.1, -0.05) is 18.2 Å². The molecular formula is C22H22F3N5O. The Hall–Kier alpha value is -3.49. The van der Waals surface area contributed by atoms with Crippen molar-refractivity contribution in [2.75, 3.05) is 24.6 Å². The number of hydrogen-bond donors (Lipinski definition) is 3. The number of H-pyrrole nitrogens is 1. The number of alkyl halides is 3. The Balaban J connectivity index is 1.93. The summed E-state index contributed by atoms with van der Waals surface area (Å²) in [6.45, 7) is 1.89. The molecule has 9 heteroatoms. The Labute approximate surface area is 177 Å². The number of amides is 1. The van der Waals surface area contributed by atoms with Crippen molar-refractivity contribution in [3.05, 3.63) is 59.4 Å². The number of nitrogens with two attached hydrogens (primary N) is 1. The van der Waals surface area contributed by atoms with Crippen molar-refractivity contribution < 1.29 is 18.0 Å². The highest BCUT2D eigenvalue weighted by atomic mass is 19.4. The molecule has 1 aliphatic heterocycles. The minimum absolute atomic E-state index is 0.0203. The van der Waals surface area contributed by atoms with Gasteiger partial charge in [-0.05, 0) is 30.7 Å². The molecule has 1 amide bonds. The summed E-state index contributed by atoms with van der Waals surface area (Å²) in [5.41, 5.74) is 9.57. The fourth-order valence-electron chi connectivity index (χ4n) is 3.98. The lowest BCUT2D eigenvalue weighted by molar-refractivity contribution is -0.139. The third-order valence-corrected chi connectivity index (χ3v) is 5.44. The Bertz CT molecular complexity index is 1140. The van der Waals surface area contributed by atoms with Crippen LogP contribution in [0.5, 0.6) is 0 Å². The van der Waals surface area contributed by atoms with Crippen LogP contribution < -0.4 is 11.1 Å². The summed E-state index contributed by atoms with van der Waals surface area (Å²) in [6, 6.07) is 10.8. The zero-order valence-corrected chi connectivity index (χ0v) is 17.0.